The van der Waals surface area contributed by atoms with E-state index in [9.17, 15) is 4.79 Å². The van der Waals surface area contributed by atoms with Crippen molar-refractivity contribution in [1.29, 1.82) is 0 Å². The number of rotatable bonds is 3. The summed E-state index contributed by atoms with van der Waals surface area (Å²) in [6.07, 6.45) is 0. The van der Waals surface area contributed by atoms with E-state index in [0.717, 1.165) is 0 Å². The fourth-order valence-electron chi connectivity index (χ4n) is 0.860. The highest BCUT2D eigenvalue weighted by Gasteiger charge is 1.98. The average Bonchev–Trinajstić information content (AvgIpc) is 2.04. The van der Waals surface area contributed by atoms with Crippen molar-refractivity contribution in [3.8, 4) is 0 Å². The molecule has 0 spiro atoms. The van der Waals surface area contributed by atoms with E-state index in [1.165, 1.54) is 13.2 Å². The van der Waals surface area contributed by atoms with E-state index >= 15 is 0 Å². The van der Waals surface area contributed by atoms with Gasteiger partial charge < -0.3 is 14.8 Å². The van der Waals surface area contributed by atoms with E-state index in [1.54, 1.807) is 0 Å². The zero-order chi connectivity index (χ0) is 8.97. The second-order valence-corrected chi connectivity index (χ2v) is 2.27. The molecule has 1 rings (SSSR count). The summed E-state index contributed by atoms with van der Waals surface area (Å²) in [6, 6.07) is 1.34. The zero-order valence-corrected chi connectivity index (χ0v) is 6.70. The Kier molecular flexibility index (Phi) is 2.95. The molecule has 0 saturated carbocycles. The molecular formula is C7H10N2O3. The molecule has 0 unspecified atom stereocenters. The first kappa shape index (κ1) is 8.89. The molecule has 1 heterocycles. The van der Waals surface area contributed by atoms with Gasteiger partial charge in [0.15, 0.2) is 0 Å². The molecule has 0 saturated heterocycles. The van der Waals surface area contributed by atoms with Gasteiger partial charge >= 0.3 is 0 Å². The summed E-state index contributed by atoms with van der Waals surface area (Å²) in [4.78, 5) is 17.2. The molecular weight excluding hydrogens is 160 g/mol. The summed E-state index contributed by atoms with van der Waals surface area (Å²) in [5, 5.41) is 8.68. The van der Waals surface area contributed by atoms with Crippen molar-refractivity contribution in [1.82, 2.24) is 9.97 Å². The Morgan fingerprint density at radius 2 is 2.50 bits per heavy atom. The van der Waals surface area contributed by atoms with Crippen LogP contribution in [-0.2, 0) is 18.0 Å². The van der Waals surface area contributed by atoms with Gasteiger partial charge in [0.2, 0.25) is 0 Å². The summed E-state index contributed by atoms with van der Waals surface area (Å²) in [7, 11) is 1.52. The van der Waals surface area contributed by atoms with Crippen LogP contribution >= 0.6 is 0 Å². The standard InChI is InChI=1S/C7H10N2O3/c1-12-4-5-2-7(11)9-6(3-10)8-5/h2,10H,3-4H2,1H3,(H,8,9,11). The maximum Gasteiger partial charge on any atom is 0.251 e. The summed E-state index contributed by atoms with van der Waals surface area (Å²) in [5.41, 5.74) is 0.242. The van der Waals surface area contributed by atoms with Gasteiger partial charge in [-0.3, -0.25) is 4.79 Å². The van der Waals surface area contributed by atoms with Crippen LogP contribution in [0.3, 0.4) is 0 Å². The average molecular weight is 170 g/mol. The van der Waals surface area contributed by atoms with Gasteiger partial charge in [-0.05, 0) is 0 Å². The molecule has 0 aromatic carbocycles. The van der Waals surface area contributed by atoms with Crippen molar-refractivity contribution >= 4 is 0 Å². The van der Waals surface area contributed by atoms with Crippen LogP contribution in [0.25, 0.3) is 0 Å². The van der Waals surface area contributed by atoms with E-state index < -0.39 is 0 Å². The van der Waals surface area contributed by atoms with Crippen molar-refractivity contribution in [3.63, 3.8) is 0 Å². The molecule has 0 aliphatic carbocycles. The lowest BCUT2D eigenvalue weighted by molar-refractivity contribution is 0.180. The molecule has 5 nitrogen and oxygen atoms in total. The van der Waals surface area contributed by atoms with Gasteiger partial charge in [0.25, 0.3) is 5.56 Å². The number of hydrogen-bond acceptors (Lipinski definition) is 4. The van der Waals surface area contributed by atoms with Crippen molar-refractivity contribution in [2.24, 2.45) is 0 Å². The van der Waals surface area contributed by atoms with Crippen LogP contribution in [-0.4, -0.2) is 22.2 Å². The third-order valence-electron chi connectivity index (χ3n) is 1.29. The van der Waals surface area contributed by atoms with E-state index in [-0.39, 0.29) is 24.6 Å². The molecule has 5 heteroatoms. The molecule has 0 aliphatic heterocycles. The molecule has 12 heavy (non-hydrogen) atoms. The molecule has 2 N–H and O–H groups in total. The van der Waals surface area contributed by atoms with Crippen molar-refractivity contribution in [2.75, 3.05) is 7.11 Å². The number of aliphatic hydroxyl groups excluding tert-OH is 1. The van der Waals surface area contributed by atoms with Gasteiger partial charge in [0, 0.05) is 13.2 Å². The number of methoxy groups -OCH3 is 1. The molecule has 0 fully saturated rings. The summed E-state index contributed by atoms with van der Waals surface area (Å²) < 4.78 is 4.79. The highest BCUT2D eigenvalue weighted by molar-refractivity contribution is 5.00. The smallest absolute Gasteiger partial charge is 0.251 e. The Hall–Kier alpha value is -1.20. The lowest BCUT2D eigenvalue weighted by Gasteiger charge is -1.99. The fourth-order valence-corrected chi connectivity index (χ4v) is 0.860. The number of nitrogens with zero attached hydrogens (tertiary/aromatic N) is 1. The van der Waals surface area contributed by atoms with Crippen LogP contribution in [0.4, 0.5) is 0 Å². The monoisotopic (exact) mass is 170 g/mol. The van der Waals surface area contributed by atoms with Gasteiger partial charge in [0.1, 0.15) is 12.4 Å². The number of aromatic amines is 1. The maximum absolute atomic E-state index is 10.9. The topological polar surface area (TPSA) is 75.2 Å². The minimum absolute atomic E-state index is 0.259. The molecule has 0 radical (unpaired) electrons. The van der Waals surface area contributed by atoms with Crippen LogP contribution in [0.1, 0.15) is 11.5 Å². The van der Waals surface area contributed by atoms with Crippen LogP contribution in [0.2, 0.25) is 0 Å². The van der Waals surface area contributed by atoms with Crippen molar-refractivity contribution in [2.45, 2.75) is 13.2 Å². The number of nitrogens with one attached hydrogen (secondary N) is 1. The highest BCUT2D eigenvalue weighted by atomic mass is 16.5. The Bertz CT molecular complexity index is 308. The fraction of sp³-hybridized carbons (Fsp3) is 0.429. The quantitative estimate of drug-likeness (QED) is 0.635. The lowest BCUT2D eigenvalue weighted by atomic mass is 10.4. The normalized spacial score (nSPS) is 10.2. The SMILES string of the molecule is COCc1cc(=O)[nH]c(CO)n1. The minimum Gasteiger partial charge on any atom is -0.388 e. The Balaban J connectivity index is 2.98. The number of aromatic nitrogens is 2. The predicted octanol–water partition coefficient (Wildman–Crippen LogP) is -0.591. The molecule has 66 valence electrons. The molecule has 1 aromatic heterocycles. The summed E-state index contributed by atoms with van der Waals surface area (Å²) in [6.45, 7) is 0.00368. The first-order valence-electron chi connectivity index (χ1n) is 3.45. The second kappa shape index (κ2) is 3.99. The first-order chi connectivity index (χ1) is 5.76. The van der Waals surface area contributed by atoms with Gasteiger partial charge in [0.05, 0.1) is 12.3 Å². The van der Waals surface area contributed by atoms with Crippen LogP contribution in [0.5, 0.6) is 0 Å². The van der Waals surface area contributed by atoms with Crippen LogP contribution in [0.15, 0.2) is 10.9 Å². The van der Waals surface area contributed by atoms with E-state index in [2.05, 4.69) is 9.97 Å². The largest absolute Gasteiger partial charge is 0.388 e. The molecule has 1 aromatic rings. The number of hydrogen-bond donors (Lipinski definition) is 2. The number of H-pyrrole nitrogens is 1. The van der Waals surface area contributed by atoms with Gasteiger partial charge in [-0.25, -0.2) is 4.98 Å². The van der Waals surface area contributed by atoms with Gasteiger partial charge in [-0.15, -0.1) is 0 Å². The Morgan fingerprint density at radius 3 is 3.08 bits per heavy atom. The van der Waals surface area contributed by atoms with Gasteiger partial charge in [-0.1, -0.05) is 0 Å². The summed E-state index contributed by atoms with van der Waals surface area (Å²) in [5.74, 6) is 0.259. The van der Waals surface area contributed by atoms with Crippen molar-refractivity contribution < 1.29 is 9.84 Å². The summed E-state index contributed by atoms with van der Waals surface area (Å²) >= 11 is 0. The van der Waals surface area contributed by atoms with E-state index in [1.807, 2.05) is 0 Å². The zero-order valence-electron chi connectivity index (χ0n) is 6.70. The predicted molar refractivity (Wildman–Crippen MR) is 41.5 cm³/mol. The lowest BCUT2D eigenvalue weighted by Crippen LogP contribution is -2.13. The second-order valence-electron chi connectivity index (χ2n) is 2.27. The molecule has 0 atom stereocenters. The van der Waals surface area contributed by atoms with Crippen molar-refractivity contribution in [3.05, 3.63) is 27.9 Å². The third-order valence-corrected chi connectivity index (χ3v) is 1.29. The minimum atomic E-state index is -0.277. The first-order valence-corrected chi connectivity index (χ1v) is 3.45. The Morgan fingerprint density at radius 1 is 1.75 bits per heavy atom. The number of aliphatic hydroxyl groups is 1. The van der Waals surface area contributed by atoms with E-state index in [4.69, 9.17) is 9.84 Å². The molecule has 0 bridgehead atoms. The van der Waals surface area contributed by atoms with Crippen LogP contribution in [0, 0.1) is 0 Å². The van der Waals surface area contributed by atoms with Crippen LogP contribution < -0.4 is 5.56 Å². The highest BCUT2D eigenvalue weighted by Crippen LogP contribution is 1.93. The maximum atomic E-state index is 10.9. The molecule has 0 aliphatic rings. The van der Waals surface area contributed by atoms with Gasteiger partial charge in [-0.2, -0.15) is 0 Å². The third kappa shape index (κ3) is 2.14. The molecule has 0 amide bonds. The van der Waals surface area contributed by atoms with E-state index in [0.29, 0.717) is 5.69 Å². The number of ether oxygens (including phenoxy) is 1. The Labute approximate surface area is 69.0 Å².